The van der Waals surface area contributed by atoms with Crippen LogP contribution in [-0.4, -0.2) is 31.8 Å². The lowest BCUT2D eigenvalue weighted by atomic mass is 10.0. The molecule has 1 amide bonds. The third-order valence-electron chi connectivity index (χ3n) is 4.69. The molecule has 0 aliphatic carbocycles. The topological polar surface area (TPSA) is 64.6 Å². The number of alkyl carbamates (subject to hydrolysis) is 1. The molecule has 0 spiro atoms. The molecule has 0 aromatic rings. The van der Waals surface area contributed by atoms with Gasteiger partial charge in [-0.25, -0.2) is 4.79 Å². The third kappa shape index (κ3) is 21.0. The highest BCUT2D eigenvalue weighted by Crippen LogP contribution is 2.12. The van der Waals surface area contributed by atoms with Gasteiger partial charge in [0.1, 0.15) is 6.54 Å². The minimum atomic E-state index is -0.567. The Balaban J connectivity index is 3.24. The van der Waals surface area contributed by atoms with Crippen molar-refractivity contribution >= 4 is 12.1 Å². The van der Waals surface area contributed by atoms with Crippen LogP contribution in [0.2, 0.25) is 0 Å². The van der Waals surface area contributed by atoms with Gasteiger partial charge in [0.2, 0.25) is 0 Å². The maximum absolute atomic E-state index is 11.5. The summed E-state index contributed by atoms with van der Waals surface area (Å²) in [5.74, 6) is -0.130. The average Bonchev–Trinajstić information content (AvgIpc) is 2.67. The van der Waals surface area contributed by atoms with E-state index in [0.29, 0.717) is 13.2 Å². The molecule has 0 aliphatic heterocycles. The summed E-state index contributed by atoms with van der Waals surface area (Å²) in [5.41, 5.74) is 0. The van der Waals surface area contributed by atoms with Crippen LogP contribution in [0.1, 0.15) is 111 Å². The number of rotatable bonds is 19. The van der Waals surface area contributed by atoms with E-state index in [9.17, 15) is 9.59 Å². The van der Waals surface area contributed by atoms with E-state index < -0.39 is 12.1 Å². The van der Waals surface area contributed by atoms with E-state index in [0.717, 1.165) is 12.8 Å². The number of amides is 1. The number of hydrogen-bond acceptors (Lipinski definition) is 4. The maximum Gasteiger partial charge on any atom is 0.407 e. The second kappa shape index (κ2) is 20.5. The van der Waals surface area contributed by atoms with Gasteiger partial charge in [-0.2, -0.15) is 0 Å². The summed E-state index contributed by atoms with van der Waals surface area (Å²) in [6, 6.07) is 0. The smallest absolute Gasteiger partial charge is 0.407 e. The van der Waals surface area contributed by atoms with Gasteiger partial charge in [-0.15, -0.1) is 0 Å². The first-order chi connectivity index (χ1) is 13.6. The number of ether oxygens (including phenoxy) is 2. The van der Waals surface area contributed by atoms with Gasteiger partial charge in [-0.3, -0.25) is 4.79 Å². The van der Waals surface area contributed by atoms with Crippen molar-refractivity contribution in [3.05, 3.63) is 0 Å². The zero-order chi connectivity index (χ0) is 20.9. The van der Waals surface area contributed by atoms with Gasteiger partial charge in [-0.05, 0) is 12.3 Å². The molecule has 0 saturated heterocycles. The molecule has 0 fully saturated rings. The number of esters is 1. The summed E-state index contributed by atoms with van der Waals surface area (Å²) >= 11 is 0. The molecule has 0 saturated carbocycles. The Hall–Kier alpha value is -1.26. The van der Waals surface area contributed by atoms with E-state index in [1.54, 1.807) is 0 Å². The third-order valence-corrected chi connectivity index (χ3v) is 4.69. The lowest BCUT2D eigenvalue weighted by molar-refractivity contribution is -0.142. The molecule has 1 N–H and O–H groups in total. The molecule has 0 radical (unpaired) electrons. The number of unbranched alkanes of at least 4 members (excludes halogenated alkanes) is 13. The second-order valence-corrected chi connectivity index (χ2v) is 8.16. The van der Waals surface area contributed by atoms with Crippen LogP contribution < -0.4 is 5.32 Å². The molecule has 5 heteroatoms. The number of carbonyl (C=O) groups is 2. The zero-order valence-corrected chi connectivity index (χ0v) is 18.7. The van der Waals surface area contributed by atoms with Crippen molar-refractivity contribution in [2.24, 2.45) is 5.92 Å². The molecule has 28 heavy (non-hydrogen) atoms. The predicted molar refractivity (Wildman–Crippen MR) is 115 cm³/mol. The molecular formula is C23H45NO4. The van der Waals surface area contributed by atoms with E-state index in [1.165, 1.54) is 77.0 Å². The van der Waals surface area contributed by atoms with Crippen LogP contribution in [0.4, 0.5) is 4.79 Å². The Labute approximate surface area is 173 Å². The first kappa shape index (κ1) is 26.7. The van der Waals surface area contributed by atoms with Crippen LogP contribution in [0, 0.1) is 5.92 Å². The van der Waals surface area contributed by atoms with Crippen LogP contribution in [-0.2, 0) is 14.3 Å². The summed E-state index contributed by atoms with van der Waals surface area (Å²) in [4.78, 5) is 22.9. The Kier molecular flexibility index (Phi) is 19.6. The first-order valence-corrected chi connectivity index (χ1v) is 11.6. The van der Waals surface area contributed by atoms with Crippen LogP contribution in [0.3, 0.4) is 0 Å². The SMILES string of the molecule is CCCCCCCCCCCCCCCCOC(=O)CNC(=O)OCC(C)C. The molecule has 0 heterocycles. The Morgan fingerprint density at radius 1 is 0.714 bits per heavy atom. The van der Waals surface area contributed by atoms with Gasteiger partial charge in [-0.1, -0.05) is 104 Å². The molecule has 0 unspecified atom stereocenters. The van der Waals surface area contributed by atoms with Crippen LogP contribution in [0.5, 0.6) is 0 Å². The van der Waals surface area contributed by atoms with Gasteiger partial charge >= 0.3 is 12.1 Å². The van der Waals surface area contributed by atoms with Crippen LogP contribution in [0.25, 0.3) is 0 Å². The molecule has 0 aliphatic rings. The molecule has 0 rings (SSSR count). The van der Waals surface area contributed by atoms with Crippen molar-refractivity contribution in [1.29, 1.82) is 0 Å². The maximum atomic E-state index is 11.5. The summed E-state index contributed by atoms with van der Waals surface area (Å²) in [7, 11) is 0. The summed E-state index contributed by atoms with van der Waals surface area (Å²) in [5, 5.41) is 2.40. The van der Waals surface area contributed by atoms with Crippen LogP contribution in [0.15, 0.2) is 0 Å². The summed E-state index contributed by atoms with van der Waals surface area (Å²) in [6.07, 6.45) is 17.7. The van der Waals surface area contributed by atoms with Crippen LogP contribution >= 0.6 is 0 Å². The van der Waals surface area contributed by atoms with E-state index in [2.05, 4.69) is 12.2 Å². The first-order valence-electron chi connectivity index (χ1n) is 11.6. The highest BCUT2D eigenvalue weighted by Gasteiger charge is 2.07. The highest BCUT2D eigenvalue weighted by atomic mass is 16.6. The molecule has 0 atom stereocenters. The molecule has 0 aromatic carbocycles. The van der Waals surface area contributed by atoms with E-state index >= 15 is 0 Å². The van der Waals surface area contributed by atoms with Crippen molar-refractivity contribution in [2.75, 3.05) is 19.8 Å². The van der Waals surface area contributed by atoms with E-state index in [4.69, 9.17) is 9.47 Å². The Morgan fingerprint density at radius 3 is 1.64 bits per heavy atom. The minimum Gasteiger partial charge on any atom is -0.464 e. The lowest BCUT2D eigenvalue weighted by Gasteiger charge is -2.09. The van der Waals surface area contributed by atoms with Gasteiger partial charge < -0.3 is 14.8 Å². The number of hydrogen-bond donors (Lipinski definition) is 1. The largest absolute Gasteiger partial charge is 0.464 e. The van der Waals surface area contributed by atoms with Gasteiger partial charge in [0, 0.05) is 0 Å². The lowest BCUT2D eigenvalue weighted by Crippen LogP contribution is -2.32. The molecule has 0 aromatic heterocycles. The normalized spacial score (nSPS) is 10.9. The number of nitrogens with one attached hydrogen (secondary N) is 1. The quantitative estimate of drug-likeness (QED) is 0.202. The van der Waals surface area contributed by atoms with Crippen molar-refractivity contribution in [3.63, 3.8) is 0 Å². The van der Waals surface area contributed by atoms with Gasteiger partial charge in [0.05, 0.1) is 13.2 Å². The Morgan fingerprint density at radius 2 is 1.18 bits per heavy atom. The van der Waals surface area contributed by atoms with Gasteiger partial charge in [0.15, 0.2) is 0 Å². The average molecular weight is 400 g/mol. The fraction of sp³-hybridized carbons (Fsp3) is 0.913. The van der Waals surface area contributed by atoms with Crippen molar-refractivity contribution in [3.8, 4) is 0 Å². The highest BCUT2D eigenvalue weighted by molar-refractivity contribution is 5.77. The zero-order valence-electron chi connectivity index (χ0n) is 18.7. The van der Waals surface area contributed by atoms with Crippen molar-refractivity contribution in [1.82, 2.24) is 5.32 Å². The predicted octanol–water partition coefficient (Wildman–Crippen LogP) is 6.39. The standard InChI is InChI=1S/C23H45NO4/c1-4-5-6-7-8-9-10-11-12-13-14-15-16-17-18-27-22(25)19-24-23(26)28-20-21(2)3/h21H,4-20H2,1-3H3,(H,24,26). The second-order valence-electron chi connectivity index (χ2n) is 8.16. The minimum absolute atomic E-state index is 0.129. The summed E-state index contributed by atoms with van der Waals surface area (Å²) in [6.45, 7) is 6.82. The molecule has 166 valence electrons. The van der Waals surface area contributed by atoms with E-state index in [-0.39, 0.29) is 12.5 Å². The fourth-order valence-electron chi connectivity index (χ4n) is 2.97. The Bertz CT molecular complexity index is 372. The number of carbonyl (C=O) groups excluding carboxylic acids is 2. The monoisotopic (exact) mass is 399 g/mol. The molecular weight excluding hydrogens is 354 g/mol. The van der Waals surface area contributed by atoms with E-state index in [1.807, 2.05) is 13.8 Å². The van der Waals surface area contributed by atoms with Gasteiger partial charge in [0.25, 0.3) is 0 Å². The van der Waals surface area contributed by atoms with Crippen molar-refractivity contribution in [2.45, 2.75) is 111 Å². The molecule has 5 nitrogen and oxygen atoms in total. The molecule has 0 bridgehead atoms. The fourth-order valence-corrected chi connectivity index (χ4v) is 2.97. The summed E-state index contributed by atoms with van der Waals surface area (Å²) < 4.78 is 10.0. The van der Waals surface area contributed by atoms with Crippen molar-refractivity contribution < 1.29 is 19.1 Å².